The number of nitrogens with zero attached hydrogens (tertiary/aromatic N) is 3. The predicted octanol–water partition coefficient (Wildman–Crippen LogP) is 2.99. The van der Waals surface area contributed by atoms with Gasteiger partial charge in [0, 0.05) is 5.69 Å². The van der Waals surface area contributed by atoms with Crippen LogP contribution in [-0.2, 0) is 4.79 Å². The summed E-state index contributed by atoms with van der Waals surface area (Å²) < 4.78 is 20.1. The number of fused-ring (bicyclic) bond motifs is 1. The molecule has 2 heterocycles. The van der Waals surface area contributed by atoms with Crippen LogP contribution in [0.1, 0.15) is 0 Å². The number of carbonyl (C=O) groups is 1. The van der Waals surface area contributed by atoms with Gasteiger partial charge in [0.25, 0.3) is 5.56 Å². The van der Waals surface area contributed by atoms with Gasteiger partial charge in [0.1, 0.15) is 22.6 Å². The van der Waals surface area contributed by atoms with E-state index in [1.165, 1.54) is 29.1 Å². The number of para-hydroxylation sites is 2. The number of aromatic nitrogens is 4. The Kier molecular flexibility index (Phi) is 5.48. The zero-order chi connectivity index (χ0) is 21.1. The van der Waals surface area contributed by atoms with Gasteiger partial charge in [-0.05, 0) is 30.3 Å². The number of H-pyrrole nitrogens is 1. The maximum Gasteiger partial charge on any atom is 0.262 e. The molecule has 0 bridgehead atoms. The fourth-order valence-electron chi connectivity index (χ4n) is 2.84. The monoisotopic (exact) mass is 425 g/mol. The van der Waals surface area contributed by atoms with Crippen molar-refractivity contribution in [2.24, 2.45) is 0 Å². The number of rotatable bonds is 6. The lowest BCUT2D eigenvalue weighted by Gasteiger charge is -2.09. The molecule has 8 nitrogen and oxygen atoms in total. The quantitative estimate of drug-likeness (QED) is 0.364. The van der Waals surface area contributed by atoms with Crippen LogP contribution >= 0.6 is 11.8 Å². The van der Waals surface area contributed by atoms with E-state index in [-0.39, 0.29) is 22.4 Å². The van der Waals surface area contributed by atoms with Crippen molar-refractivity contribution in [2.45, 2.75) is 5.16 Å². The minimum absolute atomic E-state index is 0.0201. The van der Waals surface area contributed by atoms with E-state index < -0.39 is 5.82 Å². The normalized spacial score (nSPS) is 10.9. The molecule has 2 aromatic heterocycles. The van der Waals surface area contributed by atoms with Crippen molar-refractivity contribution in [2.75, 3.05) is 18.2 Å². The number of halogens is 1. The zero-order valence-electron chi connectivity index (χ0n) is 15.8. The number of nitrogens with one attached hydrogen (secondary N) is 2. The Hall–Kier alpha value is -3.66. The lowest BCUT2D eigenvalue weighted by molar-refractivity contribution is -0.113. The molecule has 0 aliphatic rings. The van der Waals surface area contributed by atoms with E-state index in [4.69, 9.17) is 4.74 Å². The largest absolute Gasteiger partial charge is 0.494 e. The van der Waals surface area contributed by atoms with E-state index >= 15 is 0 Å². The molecule has 0 atom stereocenters. The third-order valence-corrected chi connectivity index (χ3v) is 5.05. The highest BCUT2D eigenvalue weighted by Gasteiger charge is 2.15. The molecule has 0 fully saturated rings. The Bertz CT molecular complexity index is 1290. The molecular weight excluding hydrogens is 409 g/mol. The van der Waals surface area contributed by atoms with Crippen LogP contribution in [0, 0.1) is 5.82 Å². The van der Waals surface area contributed by atoms with E-state index in [0.29, 0.717) is 28.2 Å². The number of aromatic amines is 1. The van der Waals surface area contributed by atoms with Crippen LogP contribution in [0.2, 0.25) is 0 Å². The second-order valence-corrected chi connectivity index (χ2v) is 7.15. The molecule has 4 rings (SSSR count). The first-order valence-corrected chi connectivity index (χ1v) is 9.83. The van der Waals surface area contributed by atoms with Gasteiger partial charge >= 0.3 is 0 Å². The number of ether oxygens (including phenoxy) is 1. The first-order valence-electron chi connectivity index (χ1n) is 8.85. The summed E-state index contributed by atoms with van der Waals surface area (Å²) in [7, 11) is 1.54. The summed E-state index contributed by atoms with van der Waals surface area (Å²) in [5.74, 6) is -0.241. The van der Waals surface area contributed by atoms with Crippen molar-refractivity contribution in [1.82, 2.24) is 19.7 Å². The van der Waals surface area contributed by atoms with Crippen molar-refractivity contribution in [3.63, 3.8) is 0 Å². The molecule has 10 heteroatoms. The summed E-state index contributed by atoms with van der Waals surface area (Å²) in [5.41, 5.74) is 0.963. The Morgan fingerprint density at radius 2 is 2.10 bits per heavy atom. The fourth-order valence-corrected chi connectivity index (χ4v) is 3.50. The Morgan fingerprint density at radius 1 is 1.27 bits per heavy atom. The highest BCUT2D eigenvalue weighted by molar-refractivity contribution is 7.99. The Labute approximate surface area is 174 Å². The topological polar surface area (TPSA) is 102 Å². The highest BCUT2D eigenvalue weighted by Crippen LogP contribution is 2.25. The average Bonchev–Trinajstić information content (AvgIpc) is 3.16. The molecule has 0 radical (unpaired) electrons. The lowest BCUT2D eigenvalue weighted by atomic mass is 10.3. The number of methoxy groups -OCH3 is 1. The third-order valence-electron chi connectivity index (χ3n) is 4.18. The number of carbonyl (C=O) groups excluding carboxylic acids is 1. The second-order valence-electron chi connectivity index (χ2n) is 6.18. The number of benzene rings is 2. The molecule has 152 valence electrons. The molecule has 2 aromatic carbocycles. The van der Waals surface area contributed by atoms with Crippen LogP contribution in [0.25, 0.3) is 16.7 Å². The van der Waals surface area contributed by atoms with Gasteiger partial charge in [-0.25, -0.2) is 14.1 Å². The molecule has 0 aliphatic carbocycles. The number of anilines is 1. The molecule has 0 spiro atoms. The van der Waals surface area contributed by atoms with E-state index in [0.717, 1.165) is 11.8 Å². The molecule has 0 saturated carbocycles. The van der Waals surface area contributed by atoms with E-state index in [2.05, 4.69) is 20.4 Å². The lowest BCUT2D eigenvalue weighted by Crippen LogP contribution is -2.15. The molecule has 0 saturated heterocycles. The summed E-state index contributed by atoms with van der Waals surface area (Å²) >= 11 is 1.05. The highest BCUT2D eigenvalue weighted by atomic mass is 32.2. The average molecular weight is 425 g/mol. The van der Waals surface area contributed by atoms with Crippen molar-refractivity contribution >= 4 is 34.4 Å². The van der Waals surface area contributed by atoms with Crippen LogP contribution in [0.3, 0.4) is 0 Å². The first-order chi connectivity index (χ1) is 14.5. The minimum Gasteiger partial charge on any atom is -0.494 e. The van der Waals surface area contributed by atoms with Crippen LogP contribution in [0.15, 0.2) is 64.7 Å². The molecule has 0 unspecified atom stereocenters. The number of hydrogen-bond acceptors (Lipinski definition) is 6. The first kappa shape index (κ1) is 19.6. The van der Waals surface area contributed by atoms with E-state index in [9.17, 15) is 14.0 Å². The summed E-state index contributed by atoms with van der Waals surface area (Å²) in [6, 6.07) is 12.8. The van der Waals surface area contributed by atoms with Crippen molar-refractivity contribution in [3.05, 3.63) is 70.9 Å². The van der Waals surface area contributed by atoms with Crippen LogP contribution in [0.5, 0.6) is 5.75 Å². The standard InChI is InChI=1S/C20H16FN5O3S/c1-29-16-8-3-2-7-15(16)26-18-14(10-22-26)19(28)25-20(24-18)30-11-17(27)23-13-6-4-5-12(21)9-13/h2-10H,11H2,1H3,(H,23,27)(H,24,25,28). The Balaban J connectivity index is 1.58. The summed E-state index contributed by atoms with van der Waals surface area (Å²) in [5, 5.41) is 7.44. The SMILES string of the molecule is COc1ccccc1-n1ncc2c(=O)[nH]c(SCC(=O)Nc3cccc(F)c3)nc21. The predicted molar refractivity (Wildman–Crippen MR) is 112 cm³/mol. The molecule has 2 N–H and O–H groups in total. The maximum absolute atomic E-state index is 13.2. The number of thioether (sulfide) groups is 1. The van der Waals surface area contributed by atoms with Crippen LogP contribution < -0.4 is 15.6 Å². The van der Waals surface area contributed by atoms with Gasteiger partial charge in [0.2, 0.25) is 5.91 Å². The van der Waals surface area contributed by atoms with E-state index in [1.54, 1.807) is 25.3 Å². The van der Waals surface area contributed by atoms with Gasteiger partial charge < -0.3 is 15.0 Å². The summed E-state index contributed by atoms with van der Waals surface area (Å²) in [6.07, 6.45) is 1.43. The van der Waals surface area contributed by atoms with Gasteiger partial charge in [-0.15, -0.1) is 0 Å². The van der Waals surface area contributed by atoms with Crippen LogP contribution in [-0.4, -0.2) is 38.5 Å². The van der Waals surface area contributed by atoms with Gasteiger partial charge in [0.05, 0.1) is 19.1 Å². The van der Waals surface area contributed by atoms with Gasteiger partial charge in [0.15, 0.2) is 10.8 Å². The number of amides is 1. The van der Waals surface area contributed by atoms with Gasteiger partial charge in [-0.1, -0.05) is 30.0 Å². The molecule has 30 heavy (non-hydrogen) atoms. The fraction of sp³-hybridized carbons (Fsp3) is 0.100. The van der Waals surface area contributed by atoms with Crippen molar-refractivity contribution in [1.29, 1.82) is 0 Å². The van der Waals surface area contributed by atoms with Gasteiger partial charge in [-0.2, -0.15) is 5.10 Å². The van der Waals surface area contributed by atoms with Crippen LogP contribution in [0.4, 0.5) is 10.1 Å². The minimum atomic E-state index is -0.443. The van der Waals surface area contributed by atoms with E-state index in [1.807, 2.05) is 12.1 Å². The second kappa shape index (κ2) is 8.37. The maximum atomic E-state index is 13.2. The number of hydrogen-bond donors (Lipinski definition) is 2. The summed E-state index contributed by atoms with van der Waals surface area (Å²) in [4.78, 5) is 31.7. The molecule has 1 amide bonds. The smallest absolute Gasteiger partial charge is 0.262 e. The summed E-state index contributed by atoms with van der Waals surface area (Å²) in [6.45, 7) is 0. The van der Waals surface area contributed by atoms with Crippen molar-refractivity contribution < 1.29 is 13.9 Å². The molecular formula is C20H16FN5O3S. The van der Waals surface area contributed by atoms with Gasteiger partial charge in [-0.3, -0.25) is 9.59 Å². The molecule has 4 aromatic rings. The Morgan fingerprint density at radius 3 is 2.90 bits per heavy atom. The zero-order valence-corrected chi connectivity index (χ0v) is 16.6. The third kappa shape index (κ3) is 4.03. The van der Waals surface area contributed by atoms with Crippen molar-refractivity contribution in [3.8, 4) is 11.4 Å². The molecule has 0 aliphatic heterocycles.